The molecule has 0 radical (unpaired) electrons. The van der Waals surface area contributed by atoms with E-state index in [1.807, 2.05) is 67.6 Å². The summed E-state index contributed by atoms with van der Waals surface area (Å²) in [6, 6.07) is 19.8. The average Bonchev–Trinajstić information content (AvgIpc) is 3.33. The van der Waals surface area contributed by atoms with E-state index in [0.29, 0.717) is 16.1 Å². The Kier molecular flexibility index (Phi) is 4.25. The van der Waals surface area contributed by atoms with E-state index in [9.17, 15) is 0 Å². The van der Waals surface area contributed by atoms with E-state index in [0.717, 1.165) is 33.5 Å². The van der Waals surface area contributed by atoms with Crippen LogP contribution >= 0.6 is 11.8 Å². The van der Waals surface area contributed by atoms with Crippen LogP contribution in [0.5, 0.6) is 0 Å². The maximum absolute atomic E-state index is 6.25. The highest BCUT2D eigenvalue weighted by atomic mass is 32.2. The number of nitrogens with zero attached hydrogens (tertiary/aromatic N) is 5. The van der Waals surface area contributed by atoms with E-state index in [4.69, 9.17) is 15.2 Å². The molecule has 29 heavy (non-hydrogen) atoms. The second kappa shape index (κ2) is 7.06. The molecular formula is C21H16N6OS. The summed E-state index contributed by atoms with van der Waals surface area (Å²) in [6.07, 6.45) is 1.60. The first-order valence-corrected chi connectivity index (χ1v) is 9.77. The Bertz CT molecular complexity index is 1310. The number of hydrogen-bond acceptors (Lipinski definition) is 7. The van der Waals surface area contributed by atoms with Crippen LogP contribution in [0.25, 0.3) is 33.5 Å². The monoisotopic (exact) mass is 400 g/mol. The van der Waals surface area contributed by atoms with Gasteiger partial charge in [0.05, 0.1) is 23.0 Å². The maximum Gasteiger partial charge on any atom is 0.217 e. The summed E-state index contributed by atoms with van der Waals surface area (Å²) in [5.41, 5.74) is 3.55. The fourth-order valence-corrected chi connectivity index (χ4v) is 3.86. The molecule has 0 aliphatic heterocycles. The number of nitrogen functional groups attached to an aromatic ring is 1. The van der Waals surface area contributed by atoms with Gasteiger partial charge < -0.3 is 10.3 Å². The predicted octanol–water partition coefficient (Wildman–Crippen LogP) is 4.32. The highest BCUT2D eigenvalue weighted by molar-refractivity contribution is 7.99. The molecule has 0 atom stereocenters. The van der Waals surface area contributed by atoms with Crippen molar-refractivity contribution >= 4 is 22.7 Å². The number of rotatable bonds is 4. The van der Waals surface area contributed by atoms with Crippen LogP contribution in [-0.2, 0) is 0 Å². The molecule has 0 bridgehead atoms. The number of benzene rings is 2. The Morgan fingerprint density at radius 3 is 2.52 bits per heavy atom. The number of furan rings is 1. The van der Waals surface area contributed by atoms with Crippen LogP contribution in [0.15, 0.2) is 81.7 Å². The number of hydrogen-bond donors (Lipinski definition) is 1. The standard InChI is InChI=1S/C21H16N6OS/c1-13-15(11-12-28-13)19-25-26-21(27(19)22)29-20-23-17-10-6-5-9-16(17)18(24-20)14-7-3-2-4-8-14/h2-12H,22H2,1H3. The van der Waals surface area contributed by atoms with Crippen molar-refractivity contribution in [1.29, 1.82) is 0 Å². The van der Waals surface area contributed by atoms with Crippen LogP contribution in [-0.4, -0.2) is 24.8 Å². The van der Waals surface area contributed by atoms with Gasteiger partial charge in [0.15, 0.2) is 11.0 Å². The van der Waals surface area contributed by atoms with Crippen molar-refractivity contribution in [3.05, 3.63) is 72.7 Å². The lowest BCUT2D eigenvalue weighted by Gasteiger charge is -2.08. The minimum atomic E-state index is 0.495. The van der Waals surface area contributed by atoms with Crippen LogP contribution in [0.3, 0.4) is 0 Å². The van der Waals surface area contributed by atoms with Crippen molar-refractivity contribution in [2.45, 2.75) is 17.2 Å². The molecule has 0 saturated carbocycles. The molecule has 5 rings (SSSR count). The highest BCUT2D eigenvalue weighted by Gasteiger charge is 2.18. The SMILES string of the molecule is Cc1occc1-c1nnc(Sc2nc(-c3ccccc3)c3ccccc3n2)n1N. The number of nitrogens with two attached hydrogens (primary N) is 1. The lowest BCUT2D eigenvalue weighted by atomic mass is 10.1. The lowest BCUT2D eigenvalue weighted by Crippen LogP contribution is -2.11. The smallest absolute Gasteiger partial charge is 0.217 e. The Hall–Kier alpha value is -3.65. The largest absolute Gasteiger partial charge is 0.469 e. The Morgan fingerprint density at radius 2 is 1.72 bits per heavy atom. The summed E-state index contributed by atoms with van der Waals surface area (Å²) in [5, 5.41) is 10.5. The number of aromatic nitrogens is 5. The second-order valence-electron chi connectivity index (χ2n) is 6.41. The zero-order valence-corrected chi connectivity index (χ0v) is 16.3. The third kappa shape index (κ3) is 3.13. The van der Waals surface area contributed by atoms with Crippen LogP contribution in [0.2, 0.25) is 0 Å². The first kappa shape index (κ1) is 17.4. The van der Waals surface area contributed by atoms with Crippen molar-refractivity contribution < 1.29 is 4.42 Å². The predicted molar refractivity (Wildman–Crippen MR) is 112 cm³/mol. The van der Waals surface area contributed by atoms with Crippen LogP contribution in [0, 0.1) is 6.92 Å². The van der Waals surface area contributed by atoms with Gasteiger partial charge in [0.2, 0.25) is 5.16 Å². The highest BCUT2D eigenvalue weighted by Crippen LogP contribution is 2.32. The number of aryl methyl sites for hydroxylation is 1. The van der Waals surface area contributed by atoms with E-state index < -0.39 is 0 Å². The topological polar surface area (TPSA) is 95.6 Å². The zero-order valence-electron chi connectivity index (χ0n) is 15.5. The quantitative estimate of drug-likeness (QED) is 0.354. The Balaban J connectivity index is 1.59. The molecule has 0 aliphatic rings. The summed E-state index contributed by atoms with van der Waals surface area (Å²) in [6.45, 7) is 1.86. The molecule has 0 spiro atoms. The summed E-state index contributed by atoms with van der Waals surface area (Å²) in [4.78, 5) is 9.48. The van der Waals surface area contributed by atoms with Crippen LogP contribution in [0.1, 0.15) is 5.76 Å². The summed E-state index contributed by atoms with van der Waals surface area (Å²) < 4.78 is 6.78. The molecule has 0 aliphatic carbocycles. The van der Waals surface area contributed by atoms with Gasteiger partial charge in [-0.2, -0.15) is 0 Å². The second-order valence-corrected chi connectivity index (χ2v) is 7.34. The van der Waals surface area contributed by atoms with Gasteiger partial charge >= 0.3 is 0 Å². The summed E-state index contributed by atoms with van der Waals surface area (Å²) in [7, 11) is 0. The molecule has 2 aromatic carbocycles. The molecule has 8 heteroatoms. The van der Waals surface area contributed by atoms with Gasteiger partial charge in [-0.1, -0.05) is 48.5 Å². The fraction of sp³-hybridized carbons (Fsp3) is 0.0476. The van der Waals surface area contributed by atoms with E-state index in [1.54, 1.807) is 6.26 Å². The Morgan fingerprint density at radius 1 is 0.931 bits per heavy atom. The molecule has 5 aromatic rings. The summed E-state index contributed by atoms with van der Waals surface area (Å²) in [5.74, 6) is 7.51. The molecule has 3 heterocycles. The van der Waals surface area contributed by atoms with Gasteiger partial charge in [0.25, 0.3) is 0 Å². The fourth-order valence-electron chi connectivity index (χ4n) is 3.15. The number of fused-ring (bicyclic) bond motifs is 1. The third-order valence-electron chi connectivity index (χ3n) is 4.58. The minimum absolute atomic E-state index is 0.495. The van der Waals surface area contributed by atoms with E-state index in [1.165, 1.54) is 16.4 Å². The first-order chi connectivity index (χ1) is 14.2. The van der Waals surface area contributed by atoms with Gasteiger partial charge in [-0.15, -0.1) is 10.2 Å². The molecule has 0 saturated heterocycles. The van der Waals surface area contributed by atoms with Crippen LogP contribution in [0.4, 0.5) is 0 Å². The molecule has 3 aromatic heterocycles. The van der Waals surface area contributed by atoms with E-state index >= 15 is 0 Å². The molecule has 7 nitrogen and oxygen atoms in total. The number of para-hydroxylation sites is 1. The lowest BCUT2D eigenvalue weighted by molar-refractivity contribution is 0.535. The van der Waals surface area contributed by atoms with Crippen molar-refractivity contribution in [2.24, 2.45) is 0 Å². The molecule has 142 valence electrons. The first-order valence-electron chi connectivity index (χ1n) is 8.96. The van der Waals surface area contributed by atoms with Crippen molar-refractivity contribution in [3.8, 4) is 22.6 Å². The molecule has 0 amide bonds. The summed E-state index contributed by atoms with van der Waals surface area (Å²) >= 11 is 1.27. The van der Waals surface area contributed by atoms with E-state index in [2.05, 4.69) is 15.2 Å². The molecular weight excluding hydrogens is 384 g/mol. The van der Waals surface area contributed by atoms with E-state index in [-0.39, 0.29) is 0 Å². The molecule has 0 unspecified atom stereocenters. The van der Waals surface area contributed by atoms with Gasteiger partial charge in [-0.3, -0.25) is 0 Å². The van der Waals surface area contributed by atoms with Crippen molar-refractivity contribution in [3.63, 3.8) is 0 Å². The normalized spacial score (nSPS) is 11.2. The zero-order chi connectivity index (χ0) is 19.8. The minimum Gasteiger partial charge on any atom is -0.469 e. The third-order valence-corrected chi connectivity index (χ3v) is 5.40. The molecule has 0 fully saturated rings. The maximum atomic E-state index is 6.25. The molecule has 2 N–H and O–H groups in total. The van der Waals surface area contributed by atoms with Gasteiger partial charge in [0, 0.05) is 10.9 Å². The Labute approximate surface area is 170 Å². The van der Waals surface area contributed by atoms with Crippen molar-refractivity contribution in [1.82, 2.24) is 24.8 Å². The average molecular weight is 400 g/mol. The van der Waals surface area contributed by atoms with Crippen molar-refractivity contribution in [2.75, 3.05) is 5.84 Å². The van der Waals surface area contributed by atoms with Gasteiger partial charge in [0.1, 0.15) is 5.76 Å². The van der Waals surface area contributed by atoms with Gasteiger partial charge in [-0.25, -0.2) is 14.6 Å². The van der Waals surface area contributed by atoms with Gasteiger partial charge in [-0.05, 0) is 30.8 Å². The van der Waals surface area contributed by atoms with Crippen LogP contribution < -0.4 is 5.84 Å².